The van der Waals surface area contributed by atoms with Crippen molar-refractivity contribution < 1.29 is 4.39 Å². The standard InChI is InChI=1S/C14H17BrClFN4/c1-3-21-12(13(15)8(2)20-21)7-11(19-18)9-5-4-6-10(16)14(9)17/h4-6,11,19H,3,7,18H2,1-2H3. The number of hydrogen-bond acceptors (Lipinski definition) is 3. The average molecular weight is 376 g/mol. The highest BCUT2D eigenvalue weighted by Crippen LogP contribution is 2.29. The Morgan fingerprint density at radius 1 is 1.52 bits per heavy atom. The summed E-state index contributed by atoms with van der Waals surface area (Å²) in [4.78, 5) is 0. The summed E-state index contributed by atoms with van der Waals surface area (Å²) in [6.07, 6.45) is 0.503. The van der Waals surface area contributed by atoms with E-state index < -0.39 is 5.82 Å². The molecule has 0 amide bonds. The fraction of sp³-hybridized carbons (Fsp3) is 0.357. The van der Waals surface area contributed by atoms with Crippen LogP contribution in [0.3, 0.4) is 0 Å². The fourth-order valence-corrected chi connectivity index (χ4v) is 2.93. The molecular formula is C14H17BrClFN4. The summed E-state index contributed by atoms with van der Waals surface area (Å²) in [5.41, 5.74) is 4.97. The predicted molar refractivity (Wildman–Crippen MR) is 85.5 cm³/mol. The number of aryl methyl sites for hydroxylation is 2. The number of benzene rings is 1. The summed E-state index contributed by atoms with van der Waals surface area (Å²) < 4.78 is 17.0. The Kier molecular flexibility index (Phi) is 5.37. The zero-order valence-corrected chi connectivity index (χ0v) is 14.2. The van der Waals surface area contributed by atoms with Gasteiger partial charge in [-0.25, -0.2) is 4.39 Å². The largest absolute Gasteiger partial charge is 0.271 e. The lowest BCUT2D eigenvalue weighted by Crippen LogP contribution is -2.31. The first kappa shape index (κ1) is 16.4. The van der Waals surface area contributed by atoms with Gasteiger partial charge >= 0.3 is 0 Å². The van der Waals surface area contributed by atoms with Crippen molar-refractivity contribution in [1.82, 2.24) is 15.2 Å². The normalized spacial score (nSPS) is 12.7. The third-order valence-electron chi connectivity index (χ3n) is 3.41. The predicted octanol–water partition coefficient (Wildman–Crippen LogP) is 3.51. The molecule has 0 aliphatic heterocycles. The topological polar surface area (TPSA) is 55.9 Å². The van der Waals surface area contributed by atoms with Gasteiger partial charge in [0.15, 0.2) is 0 Å². The highest BCUT2D eigenvalue weighted by molar-refractivity contribution is 9.10. The second-order valence-electron chi connectivity index (χ2n) is 4.73. The minimum absolute atomic E-state index is 0.0898. The van der Waals surface area contributed by atoms with Gasteiger partial charge in [0.2, 0.25) is 0 Å². The van der Waals surface area contributed by atoms with Crippen molar-refractivity contribution in [2.24, 2.45) is 5.84 Å². The Balaban J connectivity index is 2.38. The fourth-order valence-electron chi connectivity index (χ4n) is 2.31. The lowest BCUT2D eigenvalue weighted by Gasteiger charge is -2.18. The second kappa shape index (κ2) is 6.87. The van der Waals surface area contributed by atoms with Crippen LogP contribution in [0.2, 0.25) is 5.02 Å². The number of hydrazine groups is 1. The van der Waals surface area contributed by atoms with Crippen LogP contribution in [0, 0.1) is 12.7 Å². The zero-order valence-electron chi connectivity index (χ0n) is 11.8. The van der Waals surface area contributed by atoms with Crippen molar-refractivity contribution in [3.8, 4) is 0 Å². The van der Waals surface area contributed by atoms with E-state index in [4.69, 9.17) is 17.4 Å². The first-order valence-corrected chi connectivity index (χ1v) is 7.78. The molecule has 0 aliphatic rings. The number of rotatable bonds is 5. The molecule has 4 nitrogen and oxygen atoms in total. The van der Waals surface area contributed by atoms with Crippen LogP contribution in [0.1, 0.15) is 29.9 Å². The zero-order chi connectivity index (χ0) is 15.6. The molecule has 0 fully saturated rings. The van der Waals surface area contributed by atoms with Gasteiger partial charge in [0.25, 0.3) is 0 Å². The van der Waals surface area contributed by atoms with E-state index in [-0.39, 0.29) is 11.1 Å². The van der Waals surface area contributed by atoms with Crippen molar-refractivity contribution in [1.29, 1.82) is 0 Å². The second-order valence-corrected chi connectivity index (χ2v) is 5.93. The Hall–Kier alpha value is -0.950. The molecule has 21 heavy (non-hydrogen) atoms. The summed E-state index contributed by atoms with van der Waals surface area (Å²) in [5, 5.41) is 4.52. The summed E-state index contributed by atoms with van der Waals surface area (Å²) in [7, 11) is 0. The van der Waals surface area contributed by atoms with Gasteiger partial charge in [-0.05, 0) is 35.8 Å². The Morgan fingerprint density at radius 3 is 2.86 bits per heavy atom. The maximum Gasteiger partial charge on any atom is 0.146 e. The van der Waals surface area contributed by atoms with Crippen molar-refractivity contribution in [2.45, 2.75) is 32.9 Å². The Labute approximate surface area is 136 Å². The van der Waals surface area contributed by atoms with Crippen molar-refractivity contribution >= 4 is 27.5 Å². The van der Waals surface area contributed by atoms with Gasteiger partial charge in [-0.2, -0.15) is 5.10 Å². The first-order valence-electron chi connectivity index (χ1n) is 6.61. The quantitative estimate of drug-likeness (QED) is 0.621. The van der Waals surface area contributed by atoms with E-state index >= 15 is 0 Å². The van der Waals surface area contributed by atoms with E-state index in [9.17, 15) is 4.39 Å². The highest BCUT2D eigenvalue weighted by atomic mass is 79.9. The third kappa shape index (κ3) is 3.29. The molecule has 1 atom stereocenters. The van der Waals surface area contributed by atoms with Gasteiger partial charge in [-0.1, -0.05) is 23.7 Å². The van der Waals surface area contributed by atoms with Crippen LogP contribution < -0.4 is 11.3 Å². The van der Waals surface area contributed by atoms with Crippen molar-refractivity contribution in [3.05, 3.63) is 50.5 Å². The van der Waals surface area contributed by atoms with Gasteiger partial charge in [0, 0.05) is 18.5 Å². The van der Waals surface area contributed by atoms with Gasteiger partial charge < -0.3 is 0 Å². The van der Waals surface area contributed by atoms with E-state index in [2.05, 4.69) is 26.5 Å². The minimum atomic E-state index is -0.447. The first-order chi connectivity index (χ1) is 9.99. The molecule has 1 heterocycles. The molecule has 1 unspecified atom stereocenters. The van der Waals surface area contributed by atoms with Crippen LogP contribution in [0.4, 0.5) is 4.39 Å². The summed E-state index contributed by atoms with van der Waals surface area (Å²) in [6, 6.07) is 4.52. The average Bonchev–Trinajstić information content (AvgIpc) is 2.75. The summed E-state index contributed by atoms with van der Waals surface area (Å²) in [6.45, 7) is 4.66. The number of hydrogen-bond donors (Lipinski definition) is 2. The molecular weight excluding hydrogens is 359 g/mol. The molecule has 2 aromatic rings. The van der Waals surface area contributed by atoms with Crippen LogP contribution >= 0.6 is 27.5 Å². The molecule has 0 bridgehead atoms. The maximum absolute atomic E-state index is 14.2. The van der Waals surface area contributed by atoms with Crippen LogP contribution in [0.15, 0.2) is 22.7 Å². The molecule has 3 N–H and O–H groups in total. The SMILES string of the molecule is CCn1nc(C)c(Br)c1CC(NN)c1cccc(Cl)c1F. The number of nitrogens with zero attached hydrogens (tertiary/aromatic N) is 2. The molecule has 0 saturated carbocycles. The van der Waals surface area contributed by atoms with Gasteiger partial charge in [-0.15, -0.1) is 0 Å². The smallest absolute Gasteiger partial charge is 0.146 e. The van der Waals surface area contributed by atoms with E-state index in [0.29, 0.717) is 12.0 Å². The third-order valence-corrected chi connectivity index (χ3v) is 4.73. The van der Waals surface area contributed by atoms with Crippen molar-refractivity contribution in [2.75, 3.05) is 0 Å². The number of aromatic nitrogens is 2. The van der Waals surface area contributed by atoms with E-state index in [0.717, 1.165) is 22.4 Å². The molecule has 1 aromatic heterocycles. The summed E-state index contributed by atoms with van der Waals surface area (Å²) >= 11 is 9.37. The van der Waals surface area contributed by atoms with E-state index in [1.807, 2.05) is 18.5 Å². The van der Waals surface area contributed by atoms with Crippen molar-refractivity contribution in [3.63, 3.8) is 0 Å². The van der Waals surface area contributed by atoms with Crippen LogP contribution in [-0.2, 0) is 13.0 Å². The number of nitrogens with one attached hydrogen (secondary N) is 1. The molecule has 1 aromatic carbocycles. The Morgan fingerprint density at radius 2 is 2.24 bits per heavy atom. The van der Waals surface area contributed by atoms with Crippen LogP contribution in [0.5, 0.6) is 0 Å². The monoisotopic (exact) mass is 374 g/mol. The lowest BCUT2D eigenvalue weighted by molar-refractivity contribution is 0.489. The molecule has 114 valence electrons. The molecule has 0 aliphatic carbocycles. The highest BCUT2D eigenvalue weighted by Gasteiger charge is 2.21. The van der Waals surface area contributed by atoms with E-state index in [1.165, 1.54) is 6.07 Å². The minimum Gasteiger partial charge on any atom is -0.271 e. The van der Waals surface area contributed by atoms with Gasteiger partial charge in [0.1, 0.15) is 5.82 Å². The molecule has 7 heteroatoms. The maximum atomic E-state index is 14.2. The molecule has 2 rings (SSSR count). The number of halogens is 3. The summed E-state index contributed by atoms with van der Waals surface area (Å²) in [5.74, 6) is 5.17. The Bertz CT molecular complexity index is 644. The van der Waals surface area contributed by atoms with Gasteiger partial charge in [-0.3, -0.25) is 16.0 Å². The number of nitrogens with two attached hydrogens (primary N) is 1. The lowest BCUT2D eigenvalue weighted by atomic mass is 10.0. The van der Waals surface area contributed by atoms with Crippen LogP contribution in [-0.4, -0.2) is 9.78 Å². The van der Waals surface area contributed by atoms with E-state index in [1.54, 1.807) is 12.1 Å². The molecule has 0 spiro atoms. The van der Waals surface area contributed by atoms with Crippen LogP contribution in [0.25, 0.3) is 0 Å². The van der Waals surface area contributed by atoms with Gasteiger partial charge in [0.05, 0.1) is 26.9 Å². The molecule has 0 saturated heterocycles. The molecule has 0 radical (unpaired) electrons.